The number of benzene rings is 1. The first-order valence-corrected chi connectivity index (χ1v) is 7.92. The smallest absolute Gasteiger partial charge is 0.335 e. The van der Waals surface area contributed by atoms with Gasteiger partial charge in [-0.1, -0.05) is 12.1 Å². The Hall–Kier alpha value is -3.92. The fraction of sp³-hybridized carbons (Fsp3) is 0.100. The fourth-order valence-electron chi connectivity index (χ4n) is 2.73. The van der Waals surface area contributed by atoms with Gasteiger partial charge in [0.15, 0.2) is 0 Å². The SMILES string of the molecule is CC1=C(C#N)C(=O)N(C)C(=O)/C1=C\c1ccc(-c2cccc(C(=O)O)c2)o1. The summed E-state index contributed by atoms with van der Waals surface area (Å²) in [4.78, 5) is 36.4. The average Bonchev–Trinajstić information content (AvgIpc) is 3.13. The van der Waals surface area contributed by atoms with E-state index in [-0.39, 0.29) is 22.3 Å². The van der Waals surface area contributed by atoms with Gasteiger partial charge in [-0.05, 0) is 42.8 Å². The van der Waals surface area contributed by atoms with Crippen LogP contribution in [0.15, 0.2) is 57.5 Å². The van der Waals surface area contributed by atoms with Crippen LogP contribution in [0.25, 0.3) is 17.4 Å². The summed E-state index contributed by atoms with van der Waals surface area (Å²) in [5.74, 6) is -1.44. The standard InChI is InChI=1S/C20H14N2O5/c1-11-15(18(23)22(2)19(24)16(11)10-21)9-14-6-7-17(27-14)12-4-3-5-13(8-12)20(25)26/h3-9H,1-2H3,(H,25,26)/b15-9-. The van der Waals surface area contributed by atoms with E-state index in [0.29, 0.717) is 17.1 Å². The van der Waals surface area contributed by atoms with E-state index in [2.05, 4.69) is 0 Å². The van der Waals surface area contributed by atoms with E-state index < -0.39 is 17.8 Å². The third kappa shape index (κ3) is 3.16. The first kappa shape index (κ1) is 17.9. The van der Waals surface area contributed by atoms with Crippen LogP contribution >= 0.6 is 0 Å². The number of carbonyl (C=O) groups excluding carboxylic acids is 2. The van der Waals surface area contributed by atoms with E-state index in [1.807, 2.05) is 6.07 Å². The Morgan fingerprint density at radius 2 is 1.96 bits per heavy atom. The van der Waals surface area contributed by atoms with E-state index >= 15 is 0 Å². The van der Waals surface area contributed by atoms with Crippen molar-refractivity contribution in [3.05, 3.63) is 64.4 Å². The van der Waals surface area contributed by atoms with Crippen LogP contribution in [0, 0.1) is 11.3 Å². The molecule has 1 N–H and O–H groups in total. The molecule has 0 atom stereocenters. The molecule has 1 aliphatic rings. The molecule has 2 amide bonds. The third-order valence-corrected chi connectivity index (χ3v) is 4.25. The van der Waals surface area contributed by atoms with Crippen molar-refractivity contribution in [2.45, 2.75) is 6.92 Å². The molecule has 27 heavy (non-hydrogen) atoms. The lowest BCUT2D eigenvalue weighted by Gasteiger charge is -2.23. The van der Waals surface area contributed by atoms with E-state index in [0.717, 1.165) is 4.90 Å². The maximum atomic E-state index is 12.4. The number of carbonyl (C=O) groups is 3. The minimum Gasteiger partial charge on any atom is -0.478 e. The van der Waals surface area contributed by atoms with Crippen LogP contribution in [0.2, 0.25) is 0 Å². The molecule has 0 saturated carbocycles. The minimum atomic E-state index is -1.05. The minimum absolute atomic E-state index is 0.0933. The van der Waals surface area contributed by atoms with E-state index in [9.17, 15) is 19.6 Å². The molecule has 0 spiro atoms. The van der Waals surface area contributed by atoms with Gasteiger partial charge in [-0.2, -0.15) is 5.26 Å². The van der Waals surface area contributed by atoms with Crippen LogP contribution in [0.4, 0.5) is 0 Å². The lowest BCUT2D eigenvalue weighted by atomic mass is 9.95. The zero-order valence-corrected chi connectivity index (χ0v) is 14.5. The number of amides is 2. The number of aromatic carboxylic acids is 1. The number of nitrogens with zero attached hydrogens (tertiary/aromatic N) is 2. The molecule has 3 rings (SSSR count). The van der Waals surface area contributed by atoms with Crippen molar-refractivity contribution < 1.29 is 23.9 Å². The molecule has 7 heteroatoms. The maximum absolute atomic E-state index is 12.4. The second-order valence-electron chi connectivity index (χ2n) is 5.93. The predicted octanol–water partition coefficient (Wildman–Crippen LogP) is 2.87. The highest BCUT2D eigenvalue weighted by molar-refractivity contribution is 6.19. The summed E-state index contributed by atoms with van der Waals surface area (Å²) in [6.07, 6.45) is 1.46. The van der Waals surface area contributed by atoms with Crippen LogP contribution in [0.1, 0.15) is 23.0 Å². The van der Waals surface area contributed by atoms with E-state index in [4.69, 9.17) is 9.52 Å². The lowest BCUT2D eigenvalue weighted by molar-refractivity contribution is -0.138. The summed E-state index contributed by atoms with van der Waals surface area (Å²) in [5, 5.41) is 18.3. The topological polar surface area (TPSA) is 112 Å². The van der Waals surface area contributed by atoms with E-state index in [1.165, 1.54) is 32.2 Å². The van der Waals surface area contributed by atoms with Gasteiger partial charge in [0.1, 0.15) is 23.2 Å². The van der Waals surface area contributed by atoms with Crippen molar-refractivity contribution >= 4 is 23.9 Å². The Kier molecular flexibility index (Phi) is 4.48. The third-order valence-electron chi connectivity index (χ3n) is 4.25. The van der Waals surface area contributed by atoms with Crippen molar-refractivity contribution in [3.8, 4) is 17.4 Å². The molecule has 134 valence electrons. The first-order chi connectivity index (χ1) is 12.8. The molecule has 2 aromatic rings. The highest BCUT2D eigenvalue weighted by Crippen LogP contribution is 2.29. The predicted molar refractivity (Wildman–Crippen MR) is 95.2 cm³/mol. The maximum Gasteiger partial charge on any atom is 0.335 e. The Balaban J connectivity index is 2.02. The molecule has 7 nitrogen and oxygen atoms in total. The molecular weight excluding hydrogens is 348 g/mol. The lowest BCUT2D eigenvalue weighted by Crippen LogP contribution is -2.39. The number of rotatable bonds is 3. The summed E-state index contributed by atoms with van der Waals surface area (Å²) >= 11 is 0. The fourth-order valence-corrected chi connectivity index (χ4v) is 2.73. The second-order valence-corrected chi connectivity index (χ2v) is 5.93. The first-order valence-electron chi connectivity index (χ1n) is 7.92. The molecule has 1 aliphatic heterocycles. The molecule has 0 unspecified atom stereocenters. The molecular formula is C20H14N2O5. The zero-order valence-electron chi connectivity index (χ0n) is 14.5. The normalized spacial score (nSPS) is 16.0. The molecule has 1 aromatic carbocycles. The number of nitriles is 1. The van der Waals surface area contributed by atoms with Crippen LogP contribution in [0.5, 0.6) is 0 Å². The highest BCUT2D eigenvalue weighted by atomic mass is 16.4. The van der Waals surface area contributed by atoms with Gasteiger partial charge in [-0.3, -0.25) is 14.5 Å². The van der Waals surface area contributed by atoms with Gasteiger partial charge < -0.3 is 9.52 Å². The second kappa shape index (κ2) is 6.77. The highest BCUT2D eigenvalue weighted by Gasteiger charge is 2.33. The monoisotopic (exact) mass is 362 g/mol. The summed E-state index contributed by atoms with van der Waals surface area (Å²) in [5.41, 5.74) is 1.09. The van der Waals surface area contributed by atoms with Crippen LogP contribution < -0.4 is 0 Å². The van der Waals surface area contributed by atoms with Gasteiger partial charge in [-0.15, -0.1) is 0 Å². The molecule has 1 aromatic heterocycles. The van der Waals surface area contributed by atoms with Crippen molar-refractivity contribution in [2.24, 2.45) is 0 Å². The number of carboxylic acid groups (broad SMARTS) is 1. The summed E-state index contributed by atoms with van der Waals surface area (Å²) in [6.45, 7) is 1.54. The molecule has 2 heterocycles. The Morgan fingerprint density at radius 1 is 1.22 bits per heavy atom. The average molecular weight is 362 g/mol. The number of likely N-dealkylation sites (N-methyl/N-ethyl adjacent to an activating group) is 1. The zero-order chi connectivity index (χ0) is 19.7. The molecule has 0 radical (unpaired) electrons. The Bertz CT molecular complexity index is 1080. The van der Waals surface area contributed by atoms with Crippen molar-refractivity contribution in [1.29, 1.82) is 5.26 Å². The molecule has 0 saturated heterocycles. The summed E-state index contributed by atoms with van der Waals surface area (Å²) in [6, 6.07) is 11.4. The van der Waals surface area contributed by atoms with Gasteiger partial charge >= 0.3 is 5.97 Å². The Labute approximate surface area is 154 Å². The number of hydrogen-bond acceptors (Lipinski definition) is 5. The van der Waals surface area contributed by atoms with Gasteiger partial charge in [0.25, 0.3) is 11.8 Å². The van der Waals surface area contributed by atoms with Gasteiger partial charge in [0.05, 0.1) is 5.56 Å². The quantitative estimate of drug-likeness (QED) is 0.664. The van der Waals surface area contributed by atoms with Crippen LogP contribution in [0.3, 0.4) is 0 Å². The Morgan fingerprint density at radius 3 is 2.63 bits per heavy atom. The van der Waals surface area contributed by atoms with Crippen LogP contribution in [-0.2, 0) is 9.59 Å². The number of hydrogen-bond donors (Lipinski definition) is 1. The van der Waals surface area contributed by atoms with Gasteiger partial charge in [-0.25, -0.2) is 4.79 Å². The van der Waals surface area contributed by atoms with Gasteiger partial charge in [0.2, 0.25) is 0 Å². The van der Waals surface area contributed by atoms with Crippen molar-refractivity contribution in [1.82, 2.24) is 4.90 Å². The molecule has 0 fully saturated rings. The number of carboxylic acids is 1. The van der Waals surface area contributed by atoms with Crippen molar-refractivity contribution in [2.75, 3.05) is 7.05 Å². The van der Waals surface area contributed by atoms with Crippen molar-refractivity contribution in [3.63, 3.8) is 0 Å². The summed E-state index contributed by atoms with van der Waals surface area (Å²) < 4.78 is 5.70. The summed E-state index contributed by atoms with van der Waals surface area (Å²) in [7, 11) is 1.31. The molecule has 0 aliphatic carbocycles. The van der Waals surface area contributed by atoms with E-state index in [1.54, 1.807) is 24.3 Å². The largest absolute Gasteiger partial charge is 0.478 e. The van der Waals surface area contributed by atoms with Crippen LogP contribution in [-0.4, -0.2) is 34.8 Å². The number of furan rings is 1. The molecule has 0 bridgehead atoms. The number of imide groups is 1. The van der Waals surface area contributed by atoms with Gasteiger partial charge in [0, 0.05) is 18.2 Å².